The second kappa shape index (κ2) is 4.25. The second-order valence-electron chi connectivity index (χ2n) is 3.13. The second-order valence-corrected chi connectivity index (χ2v) is 3.92. The van der Waals surface area contributed by atoms with Crippen molar-refractivity contribution in [1.29, 1.82) is 0 Å². The molecule has 0 atom stereocenters. The summed E-state index contributed by atoms with van der Waals surface area (Å²) < 4.78 is 30.9. The molecule has 4 nitrogen and oxygen atoms in total. The average molecular weight is 304 g/mol. The summed E-state index contributed by atoms with van der Waals surface area (Å²) in [4.78, 5) is 10.6. The average Bonchev–Trinajstić information content (AvgIpc) is 2.72. The lowest BCUT2D eigenvalue weighted by molar-refractivity contribution is 0.0686. The summed E-state index contributed by atoms with van der Waals surface area (Å²) in [5, 5.41) is 11.9. The van der Waals surface area contributed by atoms with Gasteiger partial charge in [0.25, 0.3) is 0 Å². The van der Waals surface area contributed by atoms with Crippen LogP contribution in [0.1, 0.15) is 10.5 Å². The third-order valence-electron chi connectivity index (χ3n) is 1.99. The van der Waals surface area contributed by atoms with Crippen molar-refractivity contribution in [3.05, 3.63) is 40.0 Å². The molecule has 0 aliphatic carbocycles. The van der Waals surface area contributed by atoms with E-state index in [1.54, 1.807) is 0 Å². The van der Waals surface area contributed by atoms with Gasteiger partial charge in [-0.25, -0.2) is 13.6 Å². The Morgan fingerprint density at radius 3 is 2.65 bits per heavy atom. The molecule has 1 heterocycles. The number of aromatic nitrogens is 1. The Morgan fingerprint density at radius 1 is 1.35 bits per heavy atom. The quantitative estimate of drug-likeness (QED) is 0.866. The zero-order chi connectivity index (χ0) is 12.6. The smallest absolute Gasteiger partial charge is 0.358 e. The van der Waals surface area contributed by atoms with Gasteiger partial charge in [-0.05, 0) is 22.0 Å². The Kier molecular flexibility index (Phi) is 2.93. The van der Waals surface area contributed by atoms with Gasteiger partial charge in [-0.15, -0.1) is 0 Å². The first kappa shape index (κ1) is 11.7. The topological polar surface area (TPSA) is 63.3 Å². The lowest BCUT2D eigenvalue weighted by Gasteiger charge is -2.01. The van der Waals surface area contributed by atoms with E-state index in [9.17, 15) is 13.6 Å². The molecule has 1 aromatic carbocycles. The molecule has 0 saturated heterocycles. The van der Waals surface area contributed by atoms with Gasteiger partial charge in [0.2, 0.25) is 0 Å². The van der Waals surface area contributed by atoms with Crippen LogP contribution in [0.15, 0.2) is 27.2 Å². The highest BCUT2D eigenvalue weighted by Gasteiger charge is 2.17. The van der Waals surface area contributed by atoms with Crippen molar-refractivity contribution in [3.63, 3.8) is 0 Å². The van der Waals surface area contributed by atoms with Crippen molar-refractivity contribution in [2.75, 3.05) is 0 Å². The highest BCUT2D eigenvalue weighted by atomic mass is 79.9. The number of hydrogen-bond acceptors (Lipinski definition) is 3. The molecule has 2 rings (SSSR count). The van der Waals surface area contributed by atoms with Gasteiger partial charge < -0.3 is 9.63 Å². The van der Waals surface area contributed by atoms with Gasteiger partial charge in [-0.2, -0.15) is 0 Å². The summed E-state index contributed by atoms with van der Waals surface area (Å²) in [5.41, 5.74) is -0.279. The van der Waals surface area contributed by atoms with Crippen molar-refractivity contribution in [2.24, 2.45) is 0 Å². The molecule has 0 aliphatic heterocycles. The van der Waals surface area contributed by atoms with E-state index in [0.29, 0.717) is 6.07 Å². The zero-order valence-corrected chi connectivity index (χ0v) is 9.66. The first-order valence-electron chi connectivity index (χ1n) is 4.34. The summed E-state index contributed by atoms with van der Waals surface area (Å²) in [6.07, 6.45) is 0. The third kappa shape index (κ3) is 2.19. The van der Waals surface area contributed by atoms with Crippen molar-refractivity contribution in [1.82, 2.24) is 5.16 Å². The van der Waals surface area contributed by atoms with Gasteiger partial charge in [0.05, 0.1) is 4.47 Å². The van der Waals surface area contributed by atoms with E-state index >= 15 is 0 Å². The van der Waals surface area contributed by atoms with Crippen LogP contribution in [0.25, 0.3) is 11.3 Å². The minimum Gasteiger partial charge on any atom is -0.476 e. The number of rotatable bonds is 2. The molecule has 7 heteroatoms. The molecule has 0 fully saturated rings. The molecular weight excluding hydrogens is 300 g/mol. The fourth-order valence-electron chi connectivity index (χ4n) is 1.24. The summed E-state index contributed by atoms with van der Waals surface area (Å²) in [5.74, 6) is -2.93. The van der Waals surface area contributed by atoms with Crippen LogP contribution in [0, 0.1) is 11.6 Å². The molecule has 1 N–H and O–H groups in total. The molecule has 88 valence electrons. The molecular formula is C10H4BrF2NO3. The van der Waals surface area contributed by atoms with E-state index in [2.05, 4.69) is 21.1 Å². The molecule has 2 aromatic rings. The molecule has 0 saturated carbocycles. The van der Waals surface area contributed by atoms with E-state index in [-0.39, 0.29) is 21.5 Å². The molecule has 0 bridgehead atoms. The Hall–Kier alpha value is -1.76. The predicted octanol–water partition coefficient (Wildman–Crippen LogP) is 3.08. The van der Waals surface area contributed by atoms with Crippen LogP contribution < -0.4 is 0 Å². The number of carbonyl (C=O) groups is 1. The van der Waals surface area contributed by atoms with Crippen molar-refractivity contribution < 1.29 is 23.2 Å². The predicted molar refractivity (Wildman–Crippen MR) is 56.5 cm³/mol. The largest absolute Gasteiger partial charge is 0.476 e. The molecule has 0 radical (unpaired) electrons. The SMILES string of the molecule is O=C(O)c1cc(-c2cc(F)cc(F)c2Br)on1. The number of aromatic carboxylic acids is 1. The maximum Gasteiger partial charge on any atom is 0.358 e. The van der Waals surface area contributed by atoms with Crippen LogP contribution in [0.4, 0.5) is 8.78 Å². The maximum absolute atomic E-state index is 13.2. The van der Waals surface area contributed by atoms with Crippen molar-refractivity contribution in [2.45, 2.75) is 0 Å². The Labute approximate surface area is 102 Å². The van der Waals surface area contributed by atoms with Crippen LogP contribution in [0.3, 0.4) is 0 Å². The number of benzene rings is 1. The van der Waals surface area contributed by atoms with Gasteiger partial charge in [0, 0.05) is 17.7 Å². The number of hydrogen-bond donors (Lipinski definition) is 1. The maximum atomic E-state index is 13.2. The number of carboxylic acids is 1. The molecule has 0 unspecified atom stereocenters. The monoisotopic (exact) mass is 303 g/mol. The van der Waals surface area contributed by atoms with E-state index in [1.807, 2.05) is 0 Å². The highest BCUT2D eigenvalue weighted by molar-refractivity contribution is 9.10. The fraction of sp³-hybridized carbons (Fsp3) is 0. The fourth-order valence-corrected chi connectivity index (χ4v) is 1.66. The Morgan fingerprint density at radius 2 is 2.06 bits per heavy atom. The molecule has 1 aromatic heterocycles. The van der Waals surface area contributed by atoms with Crippen LogP contribution in [0.5, 0.6) is 0 Å². The standard InChI is InChI=1S/C10H4BrF2NO3/c11-9-5(1-4(12)2-6(9)13)8-3-7(10(15)16)14-17-8/h1-3H,(H,15,16). The van der Waals surface area contributed by atoms with E-state index in [4.69, 9.17) is 9.63 Å². The van der Waals surface area contributed by atoms with Gasteiger partial charge in [0.1, 0.15) is 11.6 Å². The van der Waals surface area contributed by atoms with Crippen molar-refractivity contribution >= 4 is 21.9 Å². The van der Waals surface area contributed by atoms with Gasteiger partial charge >= 0.3 is 5.97 Å². The van der Waals surface area contributed by atoms with Crippen LogP contribution in [-0.2, 0) is 0 Å². The lowest BCUT2D eigenvalue weighted by atomic mass is 10.1. The molecule has 0 aliphatic rings. The van der Waals surface area contributed by atoms with E-state index in [0.717, 1.165) is 12.1 Å². The minimum absolute atomic E-state index is 0.0213. The number of carboxylic acid groups (broad SMARTS) is 1. The zero-order valence-electron chi connectivity index (χ0n) is 8.08. The first-order valence-corrected chi connectivity index (χ1v) is 5.13. The number of halogens is 3. The highest BCUT2D eigenvalue weighted by Crippen LogP contribution is 2.31. The van der Waals surface area contributed by atoms with Gasteiger partial charge in [-0.1, -0.05) is 5.16 Å². The third-order valence-corrected chi connectivity index (χ3v) is 2.79. The van der Waals surface area contributed by atoms with Crippen LogP contribution in [0.2, 0.25) is 0 Å². The van der Waals surface area contributed by atoms with Crippen LogP contribution >= 0.6 is 15.9 Å². The summed E-state index contributed by atoms with van der Waals surface area (Å²) in [7, 11) is 0. The van der Waals surface area contributed by atoms with E-state index in [1.165, 1.54) is 0 Å². The first-order chi connectivity index (χ1) is 7.99. The number of nitrogens with zero attached hydrogens (tertiary/aromatic N) is 1. The lowest BCUT2D eigenvalue weighted by Crippen LogP contribution is -1.94. The van der Waals surface area contributed by atoms with Gasteiger partial charge in [-0.3, -0.25) is 0 Å². The summed E-state index contributed by atoms with van der Waals surface area (Å²) in [6, 6.07) is 2.79. The van der Waals surface area contributed by atoms with Crippen LogP contribution in [-0.4, -0.2) is 16.2 Å². The molecule has 0 spiro atoms. The Balaban J connectivity index is 2.56. The minimum atomic E-state index is -1.28. The molecule has 17 heavy (non-hydrogen) atoms. The molecule has 0 amide bonds. The van der Waals surface area contributed by atoms with E-state index < -0.39 is 17.6 Å². The summed E-state index contributed by atoms with van der Waals surface area (Å²) >= 11 is 2.92. The van der Waals surface area contributed by atoms with Gasteiger partial charge in [0.15, 0.2) is 11.5 Å². The summed E-state index contributed by atoms with van der Waals surface area (Å²) in [6.45, 7) is 0. The Bertz CT molecular complexity index is 597. The normalized spacial score (nSPS) is 10.5. The van der Waals surface area contributed by atoms with Crippen molar-refractivity contribution in [3.8, 4) is 11.3 Å².